The molecule has 0 radical (unpaired) electrons. The van der Waals surface area contributed by atoms with Crippen molar-refractivity contribution < 1.29 is 27.5 Å². The molecule has 0 saturated heterocycles. The average molecular weight is 406 g/mol. The number of hydrogen-bond donors (Lipinski definition) is 2. The summed E-state index contributed by atoms with van der Waals surface area (Å²) in [6.45, 7) is 2.15. The zero-order chi connectivity index (χ0) is 20.6. The third-order valence-corrected chi connectivity index (χ3v) is 4.55. The molecule has 150 valence electrons. The van der Waals surface area contributed by atoms with Crippen LogP contribution >= 0.6 is 0 Å². The molecule has 8 nitrogen and oxygen atoms in total. The number of benzene rings is 2. The largest absolute Gasteiger partial charge is 0.494 e. The van der Waals surface area contributed by atoms with Gasteiger partial charge in [-0.2, -0.15) is 0 Å². The topological polar surface area (TPSA) is 125 Å². The second-order valence-electron chi connectivity index (χ2n) is 5.92. The summed E-state index contributed by atoms with van der Waals surface area (Å²) in [7, 11) is -3.88. The lowest BCUT2D eigenvalue weighted by molar-refractivity contribution is -0.119. The van der Waals surface area contributed by atoms with Crippen LogP contribution in [0.5, 0.6) is 5.75 Å². The Labute approximate surface area is 163 Å². The highest BCUT2D eigenvalue weighted by Gasteiger charge is 2.12. The highest BCUT2D eigenvalue weighted by Crippen LogP contribution is 2.15. The summed E-state index contributed by atoms with van der Waals surface area (Å²) < 4.78 is 33.1. The molecule has 0 saturated carbocycles. The number of unbranched alkanes of at least 4 members (excludes halogenated alkanes) is 1. The number of nitrogens with one attached hydrogen (secondary N) is 1. The number of esters is 1. The highest BCUT2D eigenvalue weighted by atomic mass is 32.2. The quantitative estimate of drug-likeness (QED) is 0.486. The molecule has 28 heavy (non-hydrogen) atoms. The first kappa shape index (κ1) is 21.4. The second kappa shape index (κ2) is 9.86. The van der Waals surface area contributed by atoms with Crippen molar-refractivity contribution in [1.82, 2.24) is 0 Å². The predicted molar refractivity (Wildman–Crippen MR) is 104 cm³/mol. The van der Waals surface area contributed by atoms with Crippen molar-refractivity contribution in [3.63, 3.8) is 0 Å². The summed E-state index contributed by atoms with van der Waals surface area (Å²) in [6, 6.07) is 11.9. The first-order valence-electron chi connectivity index (χ1n) is 8.62. The summed E-state index contributed by atoms with van der Waals surface area (Å²) in [5, 5.41) is 7.49. The standard InChI is InChI=1S/C19H22N2O6S/c1-2-3-11-26-16-9-7-14(8-10-16)19(23)27-13-18(22)21-15-5-4-6-17(12-15)28(20,24)25/h4-10,12H,2-3,11,13H2,1H3,(H,21,22)(H2,20,24,25). The molecule has 0 aromatic heterocycles. The van der Waals surface area contributed by atoms with E-state index in [2.05, 4.69) is 12.2 Å². The molecule has 0 atom stereocenters. The smallest absolute Gasteiger partial charge is 0.338 e. The van der Waals surface area contributed by atoms with Crippen molar-refractivity contribution >= 4 is 27.6 Å². The number of nitrogens with two attached hydrogens (primary N) is 1. The zero-order valence-corrected chi connectivity index (χ0v) is 16.2. The van der Waals surface area contributed by atoms with E-state index in [-0.39, 0.29) is 16.1 Å². The summed E-state index contributed by atoms with van der Waals surface area (Å²) in [5.74, 6) is -0.620. The van der Waals surface area contributed by atoms with Gasteiger partial charge in [0.05, 0.1) is 17.1 Å². The van der Waals surface area contributed by atoms with E-state index in [4.69, 9.17) is 14.6 Å². The van der Waals surface area contributed by atoms with Crippen LogP contribution in [0.25, 0.3) is 0 Å². The number of sulfonamides is 1. The molecule has 0 aliphatic heterocycles. The molecule has 1 amide bonds. The van der Waals surface area contributed by atoms with Gasteiger partial charge in [0.25, 0.3) is 5.91 Å². The van der Waals surface area contributed by atoms with Crippen molar-refractivity contribution in [1.29, 1.82) is 0 Å². The Morgan fingerprint density at radius 3 is 2.46 bits per heavy atom. The Morgan fingerprint density at radius 1 is 1.11 bits per heavy atom. The molecular weight excluding hydrogens is 384 g/mol. The van der Waals surface area contributed by atoms with E-state index in [1.807, 2.05) is 0 Å². The number of carbonyl (C=O) groups is 2. The molecule has 0 fully saturated rings. The fourth-order valence-electron chi connectivity index (χ4n) is 2.18. The average Bonchev–Trinajstić information content (AvgIpc) is 2.66. The lowest BCUT2D eigenvalue weighted by atomic mass is 10.2. The Balaban J connectivity index is 1.86. The fraction of sp³-hybridized carbons (Fsp3) is 0.263. The molecule has 2 aromatic carbocycles. The molecule has 0 unspecified atom stereocenters. The summed E-state index contributed by atoms with van der Waals surface area (Å²) in [6.07, 6.45) is 1.97. The summed E-state index contributed by atoms with van der Waals surface area (Å²) >= 11 is 0. The predicted octanol–water partition coefficient (Wildman–Crippen LogP) is 2.31. The third-order valence-electron chi connectivity index (χ3n) is 3.64. The van der Waals surface area contributed by atoms with Gasteiger partial charge in [-0.3, -0.25) is 4.79 Å². The van der Waals surface area contributed by atoms with Crippen molar-refractivity contribution in [3.05, 3.63) is 54.1 Å². The van der Waals surface area contributed by atoms with Crippen LogP contribution in [0.4, 0.5) is 5.69 Å². The van der Waals surface area contributed by atoms with Crippen molar-refractivity contribution in [2.45, 2.75) is 24.7 Å². The number of carbonyl (C=O) groups excluding carboxylic acids is 2. The maximum atomic E-state index is 12.0. The van der Waals surface area contributed by atoms with E-state index in [1.165, 1.54) is 24.3 Å². The minimum atomic E-state index is -3.88. The van der Waals surface area contributed by atoms with Crippen LogP contribution in [-0.4, -0.2) is 33.5 Å². The van der Waals surface area contributed by atoms with Gasteiger partial charge in [-0.15, -0.1) is 0 Å². The highest BCUT2D eigenvalue weighted by molar-refractivity contribution is 7.89. The van der Waals surface area contributed by atoms with Gasteiger partial charge in [0.1, 0.15) is 5.75 Å². The minimum Gasteiger partial charge on any atom is -0.494 e. The maximum absolute atomic E-state index is 12.0. The van der Waals surface area contributed by atoms with Gasteiger partial charge >= 0.3 is 5.97 Å². The van der Waals surface area contributed by atoms with Gasteiger partial charge in [0.2, 0.25) is 10.0 Å². The van der Waals surface area contributed by atoms with E-state index in [9.17, 15) is 18.0 Å². The lowest BCUT2D eigenvalue weighted by Crippen LogP contribution is -2.21. The Morgan fingerprint density at radius 2 is 1.82 bits per heavy atom. The first-order valence-corrected chi connectivity index (χ1v) is 10.2. The number of primary sulfonamides is 1. The van der Waals surface area contributed by atoms with E-state index in [0.29, 0.717) is 12.4 Å². The van der Waals surface area contributed by atoms with Gasteiger partial charge in [0, 0.05) is 5.69 Å². The van der Waals surface area contributed by atoms with E-state index < -0.39 is 28.5 Å². The van der Waals surface area contributed by atoms with E-state index >= 15 is 0 Å². The van der Waals surface area contributed by atoms with Crippen molar-refractivity contribution in [2.24, 2.45) is 5.14 Å². The number of hydrogen-bond acceptors (Lipinski definition) is 6. The maximum Gasteiger partial charge on any atom is 0.338 e. The van der Waals surface area contributed by atoms with Gasteiger partial charge in [-0.25, -0.2) is 18.4 Å². The molecule has 0 bridgehead atoms. The molecule has 0 aliphatic carbocycles. The number of amides is 1. The molecule has 0 aliphatic rings. The minimum absolute atomic E-state index is 0.136. The van der Waals surface area contributed by atoms with Gasteiger partial charge in [-0.05, 0) is 48.9 Å². The Hall–Kier alpha value is -2.91. The van der Waals surface area contributed by atoms with Crippen LogP contribution in [0.15, 0.2) is 53.4 Å². The molecule has 2 aromatic rings. The fourth-order valence-corrected chi connectivity index (χ4v) is 2.74. The van der Waals surface area contributed by atoms with E-state index in [0.717, 1.165) is 12.8 Å². The molecule has 9 heteroatoms. The van der Waals surface area contributed by atoms with Crippen LogP contribution < -0.4 is 15.2 Å². The van der Waals surface area contributed by atoms with Crippen molar-refractivity contribution in [2.75, 3.05) is 18.5 Å². The SMILES string of the molecule is CCCCOc1ccc(C(=O)OCC(=O)Nc2cccc(S(N)(=O)=O)c2)cc1. The summed E-state index contributed by atoms with van der Waals surface area (Å²) in [5.41, 5.74) is 0.507. The number of anilines is 1. The van der Waals surface area contributed by atoms with Crippen molar-refractivity contribution in [3.8, 4) is 5.75 Å². The normalized spacial score (nSPS) is 10.9. The zero-order valence-electron chi connectivity index (χ0n) is 15.4. The van der Waals surface area contributed by atoms with Crippen LogP contribution in [0.1, 0.15) is 30.1 Å². The molecule has 2 rings (SSSR count). The van der Waals surface area contributed by atoms with E-state index in [1.54, 1.807) is 24.3 Å². The monoisotopic (exact) mass is 406 g/mol. The molecular formula is C19H22N2O6S. The Bertz CT molecular complexity index is 926. The number of ether oxygens (including phenoxy) is 2. The van der Waals surface area contributed by atoms with Crippen LogP contribution in [0.3, 0.4) is 0 Å². The van der Waals surface area contributed by atoms with Gasteiger partial charge < -0.3 is 14.8 Å². The Kier molecular flexibility index (Phi) is 7.53. The molecule has 3 N–H and O–H groups in total. The first-order chi connectivity index (χ1) is 13.3. The lowest BCUT2D eigenvalue weighted by Gasteiger charge is -2.08. The van der Waals surface area contributed by atoms with Gasteiger partial charge in [-0.1, -0.05) is 19.4 Å². The number of rotatable bonds is 9. The summed E-state index contributed by atoms with van der Waals surface area (Å²) in [4.78, 5) is 23.8. The second-order valence-corrected chi connectivity index (χ2v) is 7.48. The van der Waals surface area contributed by atoms with Crippen LogP contribution in [0, 0.1) is 0 Å². The van der Waals surface area contributed by atoms with Crippen LogP contribution in [-0.2, 0) is 19.6 Å². The molecule has 0 heterocycles. The molecule has 0 spiro atoms. The van der Waals surface area contributed by atoms with Crippen LogP contribution in [0.2, 0.25) is 0 Å². The third kappa shape index (κ3) is 6.67. The van der Waals surface area contributed by atoms with Gasteiger partial charge in [0.15, 0.2) is 6.61 Å².